The number of ketones is 1. The lowest BCUT2D eigenvalue weighted by Gasteiger charge is -2.34. The summed E-state index contributed by atoms with van der Waals surface area (Å²) in [5, 5.41) is 10.4. The molecule has 3 nitrogen and oxygen atoms in total. The standard InChI is InChI=1S/C23H20O3/c24-21-16-20(17-10-4-1-5-11-17)23(26-21,19-14-8-3-9-15-19)22(25)18-12-6-2-7-13-18/h1-15,20-21,24H,16H2/t20-,21-,23+/m0/s1. The summed E-state index contributed by atoms with van der Waals surface area (Å²) >= 11 is 0. The van der Waals surface area contributed by atoms with Gasteiger partial charge in [0.1, 0.15) is 0 Å². The lowest BCUT2D eigenvalue weighted by atomic mass is 9.73. The summed E-state index contributed by atoms with van der Waals surface area (Å²) in [6.07, 6.45) is -0.620. The Hall–Kier alpha value is -2.75. The summed E-state index contributed by atoms with van der Waals surface area (Å²) in [6.45, 7) is 0. The fraction of sp³-hybridized carbons (Fsp3) is 0.174. The second-order valence-corrected chi connectivity index (χ2v) is 6.57. The number of aliphatic hydroxyl groups excluding tert-OH is 1. The number of hydrogen-bond donors (Lipinski definition) is 1. The quantitative estimate of drug-likeness (QED) is 0.718. The highest BCUT2D eigenvalue weighted by molar-refractivity contribution is 6.04. The molecule has 3 atom stereocenters. The van der Waals surface area contributed by atoms with Gasteiger partial charge in [0.05, 0.1) is 0 Å². The molecule has 0 spiro atoms. The van der Waals surface area contributed by atoms with Crippen LogP contribution in [0.15, 0.2) is 91.0 Å². The Morgan fingerprint density at radius 1 is 0.846 bits per heavy atom. The summed E-state index contributed by atoms with van der Waals surface area (Å²) in [5.41, 5.74) is 1.08. The third-order valence-corrected chi connectivity index (χ3v) is 5.03. The molecule has 1 aliphatic rings. The first-order valence-electron chi connectivity index (χ1n) is 8.78. The monoisotopic (exact) mass is 344 g/mol. The Bertz CT molecular complexity index is 877. The summed E-state index contributed by atoms with van der Waals surface area (Å²) < 4.78 is 6.02. The number of Topliss-reactive ketones (excluding diaryl/α,β-unsaturated/α-hetero) is 1. The van der Waals surface area contributed by atoms with Crippen LogP contribution < -0.4 is 0 Å². The van der Waals surface area contributed by atoms with Gasteiger partial charge in [0.25, 0.3) is 0 Å². The maximum atomic E-state index is 13.7. The van der Waals surface area contributed by atoms with Crippen molar-refractivity contribution >= 4 is 5.78 Å². The summed E-state index contributed by atoms with van der Waals surface area (Å²) in [5.74, 6) is -0.400. The van der Waals surface area contributed by atoms with Gasteiger partial charge in [-0.1, -0.05) is 91.0 Å². The van der Waals surface area contributed by atoms with Crippen LogP contribution in [0.5, 0.6) is 0 Å². The van der Waals surface area contributed by atoms with Gasteiger partial charge in [-0.05, 0) is 11.1 Å². The molecule has 3 heteroatoms. The van der Waals surface area contributed by atoms with Gasteiger partial charge in [0.15, 0.2) is 17.7 Å². The van der Waals surface area contributed by atoms with E-state index in [9.17, 15) is 9.90 Å². The zero-order valence-electron chi connectivity index (χ0n) is 14.3. The van der Waals surface area contributed by atoms with Crippen LogP contribution in [0.25, 0.3) is 0 Å². The summed E-state index contributed by atoms with van der Waals surface area (Å²) in [7, 11) is 0. The van der Waals surface area contributed by atoms with Crippen molar-refractivity contribution in [3.05, 3.63) is 108 Å². The van der Waals surface area contributed by atoms with E-state index in [2.05, 4.69) is 0 Å². The molecular weight excluding hydrogens is 324 g/mol. The van der Waals surface area contributed by atoms with E-state index >= 15 is 0 Å². The molecule has 0 aliphatic carbocycles. The molecule has 130 valence electrons. The van der Waals surface area contributed by atoms with E-state index < -0.39 is 11.9 Å². The van der Waals surface area contributed by atoms with Crippen molar-refractivity contribution in [3.63, 3.8) is 0 Å². The molecule has 3 aromatic rings. The Balaban J connectivity index is 1.92. The van der Waals surface area contributed by atoms with Crippen LogP contribution in [-0.4, -0.2) is 17.2 Å². The first-order chi connectivity index (χ1) is 12.7. The van der Waals surface area contributed by atoms with Crippen LogP contribution >= 0.6 is 0 Å². The molecule has 1 N–H and O–H groups in total. The van der Waals surface area contributed by atoms with Gasteiger partial charge in [-0.3, -0.25) is 4.79 Å². The Morgan fingerprint density at radius 3 is 2.00 bits per heavy atom. The van der Waals surface area contributed by atoms with E-state index in [1.54, 1.807) is 12.1 Å². The van der Waals surface area contributed by atoms with E-state index in [4.69, 9.17) is 4.74 Å². The van der Waals surface area contributed by atoms with Gasteiger partial charge in [-0.25, -0.2) is 0 Å². The van der Waals surface area contributed by atoms with Crippen molar-refractivity contribution in [1.82, 2.24) is 0 Å². The first kappa shape index (κ1) is 16.7. The van der Waals surface area contributed by atoms with E-state index in [1.165, 1.54) is 0 Å². The topological polar surface area (TPSA) is 46.5 Å². The maximum Gasteiger partial charge on any atom is 0.199 e. The molecule has 1 fully saturated rings. The lowest BCUT2D eigenvalue weighted by molar-refractivity contribution is -0.125. The van der Waals surface area contributed by atoms with Crippen LogP contribution in [0, 0.1) is 0 Å². The van der Waals surface area contributed by atoms with Gasteiger partial charge >= 0.3 is 0 Å². The average molecular weight is 344 g/mol. The molecular formula is C23H20O3. The highest BCUT2D eigenvalue weighted by atomic mass is 16.6. The molecule has 0 saturated carbocycles. The predicted octanol–water partition coefficient (Wildman–Crippen LogP) is 4.29. The number of carbonyl (C=O) groups is 1. The van der Waals surface area contributed by atoms with Crippen LogP contribution in [-0.2, 0) is 10.3 Å². The van der Waals surface area contributed by atoms with E-state index in [1.807, 2.05) is 78.9 Å². The molecule has 0 bridgehead atoms. The molecule has 4 rings (SSSR count). The van der Waals surface area contributed by atoms with E-state index in [0.717, 1.165) is 11.1 Å². The molecule has 1 aliphatic heterocycles. The predicted molar refractivity (Wildman–Crippen MR) is 99.8 cm³/mol. The van der Waals surface area contributed by atoms with E-state index in [0.29, 0.717) is 12.0 Å². The molecule has 0 aromatic heterocycles. The fourth-order valence-electron chi connectivity index (χ4n) is 3.87. The second kappa shape index (κ2) is 6.87. The SMILES string of the molecule is O=C(c1ccccc1)[C@]1(c2ccccc2)O[C@H](O)C[C@H]1c1ccccc1. The highest BCUT2D eigenvalue weighted by Gasteiger charge is 2.55. The number of aliphatic hydroxyl groups is 1. The Labute approximate surface area is 152 Å². The summed E-state index contributed by atoms with van der Waals surface area (Å²) in [4.78, 5) is 13.7. The van der Waals surface area contributed by atoms with Gasteiger partial charge in [0.2, 0.25) is 0 Å². The van der Waals surface area contributed by atoms with Crippen molar-refractivity contribution in [3.8, 4) is 0 Å². The second-order valence-electron chi connectivity index (χ2n) is 6.57. The molecule has 0 radical (unpaired) electrons. The Morgan fingerprint density at radius 2 is 1.38 bits per heavy atom. The van der Waals surface area contributed by atoms with Crippen molar-refractivity contribution in [1.29, 1.82) is 0 Å². The Kier molecular flexibility index (Phi) is 4.41. The number of benzene rings is 3. The zero-order chi connectivity index (χ0) is 18.0. The third-order valence-electron chi connectivity index (χ3n) is 5.03. The fourth-order valence-corrected chi connectivity index (χ4v) is 3.87. The smallest absolute Gasteiger partial charge is 0.199 e. The third kappa shape index (κ3) is 2.75. The molecule has 0 unspecified atom stereocenters. The van der Waals surface area contributed by atoms with Crippen molar-refractivity contribution in [2.24, 2.45) is 0 Å². The van der Waals surface area contributed by atoms with Gasteiger partial charge < -0.3 is 9.84 Å². The van der Waals surface area contributed by atoms with Crippen molar-refractivity contribution in [2.75, 3.05) is 0 Å². The first-order valence-corrected chi connectivity index (χ1v) is 8.78. The van der Waals surface area contributed by atoms with E-state index in [-0.39, 0.29) is 11.7 Å². The normalized spacial score (nSPS) is 25.1. The number of hydrogen-bond acceptors (Lipinski definition) is 3. The minimum atomic E-state index is -1.25. The maximum absolute atomic E-state index is 13.7. The number of ether oxygens (including phenoxy) is 1. The van der Waals surface area contributed by atoms with Gasteiger partial charge in [0, 0.05) is 17.9 Å². The largest absolute Gasteiger partial charge is 0.368 e. The molecule has 1 saturated heterocycles. The number of carbonyl (C=O) groups excluding carboxylic acids is 1. The van der Waals surface area contributed by atoms with Crippen LogP contribution in [0.1, 0.15) is 33.8 Å². The highest BCUT2D eigenvalue weighted by Crippen LogP contribution is 2.51. The minimum absolute atomic E-state index is 0.130. The average Bonchev–Trinajstić information content (AvgIpc) is 3.08. The van der Waals surface area contributed by atoms with Crippen LogP contribution in [0.2, 0.25) is 0 Å². The van der Waals surface area contributed by atoms with Crippen LogP contribution in [0.3, 0.4) is 0 Å². The molecule has 3 aromatic carbocycles. The molecule has 0 amide bonds. The van der Waals surface area contributed by atoms with Gasteiger partial charge in [-0.2, -0.15) is 0 Å². The van der Waals surface area contributed by atoms with Crippen molar-refractivity contribution < 1.29 is 14.6 Å². The van der Waals surface area contributed by atoms with Gasteiger partial charge in [-0.15, -0.1) is 0 Å². The molecule has 26 heavy (non-hydrogen) atoms. The lowest BCUT2D eigenvalue weighted by Crippen LogP contribution is -2.40. The zero-order valence-corrected chi connectivity index (χ0v) is 14.3. The molecule has 1 heterocycles. The summed E-state index contributed by atoms with van der Waals surface area (Å²) in [6, 6.07) is 28.5. The number of rotatable bonds is 4. The minimum Gasteiger partial charge on any atom is -0.368 e. The van der Waals surface area contributed by atoms with Crippen LogP contribution in [0.4, 0.5) is 0 Å². The van der Waals surface area contributed by atoms with Crippen molar-refractivity contribution in [2.45, 2.75) is 24.2 Å².